The predicted molar refractivity (Wildman–Crippen MR) is 166 cm³/mol. The number of fused-ring (bicyclic) bond motifs is 1. The first-order chi connectivity index (χ1) is 19.4. The van der Waals surface area contributed by atoms with E-state index in [1.54, 1.807) is 0 Å². The van der Waals surface area contributed by atoms with E-state index in [4.69, 9.17) is 17.2 Å². The fourth-order valence-electron chi connectivity index (χ4n) is 5.35. The molecule has 1 fully saturated rings. The summed E-state index contributed by atoms with van der Waals surface area (Å²) in [6, 6.07) is 30.9. The summed E-state index contributed by atoms with van der Waals surface area (Å²) in [5.74, 6) is -0.101. The van der Waals surface area contributed by atoms with Crippen LogP contribution in [0.15, 0.2) is 103 Å². The van der Waals surface area contributed by atoms with E-state index in [0.29, 0.717) is 5.11 Å². The molecule has 0 saturated carbocycles. The third kappa shape index (κ3) is 4.73. The van der Waals surface area contributed by atoms with Gasteiger partial charge in [-0.3, -0.25) is 9.78 Å². The van der Waals surface area contributed by atoms with Gasteiger partial charge in [0.1, 0.15) is 6.04 Å². The minimum Gasteiger partial charge on any atom is -0.351 e. The Hall–Kier alpha value is -4.49. The zero-order valence-corrected chi connectivity index (χ0v) is 23.5. The molecule has 40 heavy (non-hydrogen) atoms. The molecular formula is C33H31N5OS. The number of pyridine rings is 1. The van der Waals surface area contributed by atoms with Gasteiger partial charge in [-0.25, -0.2) is 0 Å². The van der Waals surface area contributed by atoms with E-state index in [-0.39, 0.29) is 23.9 Å². The largest absolute Gasteiger partial charge is 0.351 e. The van der Waals surface area contributed by atoms with Gasteiger partial charge in [-0.15, -0.1) is 0 Å². The lowest BCUT2D eigenvalue weighted by Gasteiger charge is -2.29. The first kappa shape index (κ1) is 25.8. The maximum Gasteiger partial charge on any atom is 0.226 e. The molecule has 5 aromatic rings. The average molecular weight is 546 g/mol. The number of aromatic nitrogens is 2. The first-order valence-electron chi connectivity index (χ1n) is 13.5. The second kappa shape index (κ2) is 10.6. The Balaban J connectivity index is 1.45. The summed E-state index contributed by atoms with van der Waals surface area (Å²) in [7, 11) is 0. The minimum atomic E-state index is -0.167. The number of rotatable bonds is 6. The summed E-state index contributed by atoms with van der Waals surface area (Å²) < 4.78 is 2.24. The molecule has 0 aliphatic carbocycles. The minimum absolute atomic E-state index is 0.00415. The highest BCUT2D eigenvalue weighted by Crippen LogP contribution is 2.43. The molecule has 2 N–H and O–H groups in total. The van der Waals surface area contributed by atoms with Crippen molar-refractivity contribution in [3.63, 3.8) is 0 Å². The fourth-order valence-corrected chi connectivity index (χ4v) is 5.69. The van der Waals surface area contributed by atoms with Gasteiger partial charge in [0.05, 0.1) is 11.7 Å². The number of carbonyl (C=O) groups excluding carboxylic acids is 1. The number of nitrogens with one attached hydrogen (secondary N) is 2. The van der Waals surface area contributed by atoms with Gasteiger partial charge in [0.15, 0.2) is 5.11 Å². The van der Waals surface area contributed by atoms with Gasteiger partial charge in [-0.2, -0.15) is 0 Å². The summed E-state index contributed by atoms with van der Waals surface area (Å²) in [5, 5.41) is 9.62. The lowest BCUT2D eigenvalue weighted by molar-refractivity contribution is -0.118. The van der Waals surface area contributed by atoms with Gasteiger partial charge < -0.3 is 20.1 Å². The molecule has 1 aliphatic rings. The summed E-state index contributed by atoms with van der Waals surface area (Å²) in [6.45, 7) is 5.79. The molecule has 2 aromatic heterocycles. The number of carbonyl (C=O) groups is 1. The molecule has 0 spiro atoms. The van der Waals surface area contributed by atoms with Crippen LogP contribution >= 0.6 is 12.2 Å². The molecule has 0 radical (unpaired) electrons. The molecular weight excluding hydrogens is 514 g/mol. The van der Waals surface area contributed by atoms with Gasteiger partial charge >= 0.3 is 0 Å². The van der Waals surface area contributed by atoms with E-state index >= 15 is 0 Å². The van der Waals surface area contributed by atoms with Crippen LogP contribution in [-0.4, -0.2) is 20.6 Å². The zero-order chi connectivity index (χ0) is 27.8. The lowest BCUT2D eigenvalue weighted by atomic mass is 10.00. The number of aryl methyl sites for hydroxylation is 1. The zero-order valence-electron chi connectivity index (χ0n) is 22.7. The van der Waals surface area contributed by atoms with Crippen molar-refractivity contribution in [2.45, 2.75) is 32.9 Å². The highest BCUT2D eigenvalue weighted by atomic mass is 32.1. The number of anilines is 2. The van der Waals surface area contributed by atoms with Crippen LogP contribution in [-0.2, 0) is 4.79 Å². The van der Waals surface area contributed by atoms with Crippen molar-refractivity contribution in [2.24, 2.45) is 5.92 Å². The SMILES string of the molecule is Cc1cc(N2C(=S)N[C@H](c3ccccn3)[C@@H]2c2cccn2-c2ccc3ccccc3c2)ccc1NC(=O)C(C)C. The van der Waals surface area contributed by atoms with Crippen molar-refractivity contribution in [3.05, 3.63) is 120 Å². The quantitative estimate of drug-likeness (QED) is 0.223. The Morgan fingerprint density at radius 3 is 2.45 bits per heavy atom. The molecule has 1 aliphatic heterocycles. The smallest absolute Gasteiger partial charge is 0.226 e. The molecule has 0 unspecified atom stereocenters. The van der Waals surface area contributed by atoms with E-state index in [2.05, 4.69) is 87.0 Å². The van der Waals surface area contributed by atoms with Gasteiger partial charge in [0, 0.05) is 41.1 Å². The van der Waals surface area contributed by atoms with E-state index in [0.717, 1.165) is 34.0 Å². The topological polar surface area (TPSA) is 62.2 Å². The van der Waals surface area contributed by atoms with Crippen molar-refractivity contribution in [3.8, 4) is 5.69 Å². The number of hydrogen-bond acceptors (Lipinski definition) is 3. The third-order valence-electron chi connectivity index (χ3n) is 7.46. The Morgan fingerprint density at radius 1 is 0.925 bits per heavy atom. The summed E-state index contributed by atoms with van der Waals surface area (Å²) in [5.41, 5.74) is 5.82. The Labute approximate surface area is 239 Å². The third-order valence-corrected chi connectivity index (χ3v) is 7.78. The lowest BCUT2D eigenvalue weighted by Crippen LogP contribution is -2.30. The number of nitrogens with zero attached hydrogens (tertiary/aromatic N) is 3. The molecule has 3 heterocycles. The number of hydrogen-bond donors (Lipinski definition) is 2. The maximum absolute atomic E-state index is 12.4. The molecule has 1 saturated heterocycles. The van der Waals surface area contributed by atoms with Gasteiger partial charge in [0.2, 0.25) is 5.91 Å². The van der Waals surface area contributed by atoms with Gasteiger partial charge in [-0.1, -0.05) is 50.2 Å². The van der Waals surface area contributed by atoms with Crippen LogP contribution in [0.3, 0.4) is 0 Å². The van der Waals surface area contributed by atoms with Gasteiger partial charge in [0.25, 0.3) is 0 Å². The summed E-state index contributed by atoms with van der Waals surface area (Å²) >= 11 is 5.96. The molecule has 3 aromatic carbocycles. The van der Waals surface area contributed by atoms with Crippen LogP contribution in [0.4, 0.5) is 11.4 Å². The molecule has 1 amide bonds. The number of benzene rings is 3. The van der Waals surface area contributed by atoms with E-state index in [1.165, 1.54) is 10.8 Å². The van der Waals surface area contributed by atoms with Crippen molar-refractivity contribution < 1.29 is 4.79 Å². The van der Waals surface area contributed by atoms with Crippen LogP contribution < -0.4 is 15.5 Å². The molecule has 7 heteroatoms. The second-order valence-corrected chi connectivity index (χ2v) is 10.9. The molecule has 0 bridgehead atoms. The standard InChI is InChI=1S/C33H31N5OS/c1-21(2)32(39)35-27-16-15-26(19-22(27)3)38-31(30(36-33(38)40)28-11-6-7-17-34-28)29-12-8-18-37(29)25-14-13-23-9-4-5-10-24(23)20-25/h4-21,30-31H,1-3H3,(H,35,39)(H,36,40)/t30-,31+/m1/s1. The van der Waals surface area contributed by atoms with Crippen LogP contribution in [0, 0.1) is 12.8 Å². The molecule has 6 nitrogen and oxygen atoms in total. The van der Waals surface area contributed by atoms with E-state index < -0.39 is 0 Å². The molecule has 200 valence electrons. The normalized spacial score (nSPS) is 16.9. The van der Waals surface area contributed by atoms with Gasteiger partial charge in [-0.05, 0) is 90.1 Å². The highest BCUT2D eigenvalue weighted by Gasteiger charge is 2.42. The van der Waals surface area contributed by atoms with Crippen molar-refractivity contribution in [1.29, 1.82) is 0 Å². The Bertz CT molecular complexity index is 1710. The highest BCUT2D eigenvalue weighted by molar-refractivity contribution is 7.80. The monoisotopic (exact) mass is 545 g/mol. The van der Waals surface area contributed by atoms with Crippen LogP contribution in [0.25, 0.3) is 16.5 Å². The first-order valence-corrected chi connectivity index (χ1v) is 13.9. The van der Waals surface area contributed by atoms with E-state index in [9.17, 15) is 4.79 Å². The van der Waals surface area contributed by atoms with E-state index in [1.807, 2.05) is 57.3 Å². The Kier molecular flexibility index (Phi) is 6.82. The van der Waals surface area contributed by atoms with Crippen LogP contribution in [0.2, 0.25) is 0 Å². The summed E-state index contributed by atoms with van der Waals surface area (Å²) in [4.78, 5) is 19.2. The predicted octanol–water partition coefficient (Wildman–Crippen LogP) is 7.11. The summed E-state index contributed by atoms with van der Waals surface area (Å²) in [6.07, 6.45) is 3.92. The van der Waals surface area contributed by atoms with Crippen molar-refractivity contribution >= 4 is 45.4 Å². The van der Waals surface area contributed by atoms with Crippen LogP contribution in [0.1, 0.15) is 42.9 Å². The maximum atomic E-state index is 12.4. The van der Waals surface area contributed by atoms with Crippen molar-refractivity contribution in [2.75, 3.05) is 10.2 Å². The Morgan fingerprint density at radius 2 is 1.70 bits per heavy atom. The second-order valence-electron chi connectivity index (χ2n) is 10.5. The van der Waals surface area contributed by atoms with Crippen LogP contribution in [0.5, 0.6) is 0 Å². The molecule has 2 atom stereocenters. The van der Waals surface area contributed by atoms with Crippen molar-refractivity contribution in [1.82, 2.24) is 14.9 Å². The average Bonchev–Trinajstić information content (AvgIpc) is 3.58. The molecule has 6 rings (SSSR count). The number of thiocarbonyl (C=S) groups is 1. The number of amides is 1. The fraction of sp³-hybridized carbons (Fsp3) is 0.182.